The Balaban J connectivity index is 1.86. The van der Waals surface area contributed by atoms with Gasteiger partial charge in [-0.25, -0.2) is 8.78 Å². The number of amides is 1. The Morgan fingerprint density at radius 2 is 1.67 bits per heavy atom. The average Bonchev–Trinajstić information content (AvgIpc) is 2.78. The molecule has 0 radical (unpaired) electrons. The predicted molar refractivity (Wildman–Crippen MR) is 121 cm³/mol. The van der Waals surface area contributed by atoms with Gasteiger partial charge in [-0.3, -0.25) is 4.79 Å². The van der Waals surface area contributed by atoms with Gasteiger partial charge in [0.15, 0.2) is 0 Å². The molecule has 9 heteroatoms. The summed E-state index contributed by atoms with van der Waals surface area (Å²) < 4.78 is 66.1. The van der Waals surface area contributed by atoms with Crippen LogP contribution in [0.25, 0.3) is 0 Å². The van der Waals surface area contributed by atoms with Gasteiger partial charge < -0.3 is 16.4 Å². The van der Waals surface area contributed by atoms with Gasteiger partial charge in [-0.05, 0) is 42.3 Å². The number of hydrogen-bond donors (Lipinski definition) is 3. The number of nitrogens with one attached hydrogen (secondary N) is 2. The highest BCUT2D eigenvalue weighted by Gasteiger charge is 2.30. The summed E-state index contributed by atoms with van der Waals surface area (Å²) in [5.74, 6) is -1.09. The molecule has 0 saturated heterocycles. The summed E-state index contributed by atoms with van der Waals surface area (Å²) in [4.78, 5) is 12.1. The van der Waals surface area contributed by atoms with E-state index in [4.69, 9.17) is 5.73 Å². The summed E-state index contributed by atoms with van der Waals surface area (Å²) in [6, 6.07) is 9.25. The lowest BCUT2D eigenvalue weighted by Crippen LogP contribution is -2.32. The van der Waals surface area contributed by atoms with E-state index in [-0.39, 0.29) is 24.3 Å². The van der Waals surface area contributed by atoms with Crippen LogP contribution in [0.15, 0.2) is 42.5 Å². The third-order valence-corrected chi connectivity index (χ3v) is 5.24. The molecule has 2 atom stereocenters. The van der Waals surface area contributed by atoms with Crippen molar-refractivity contribution in [1.29, 1.82) is 0 Å². The molecule has 2 aromatic carbocycles. The molecule has 0 saturated carbocycles. The molecule has 0 bridgehead atoms. The van der Waals surface area contributed by atoms with Gasteiger partial charge >= 0.3 is 6.18 Å². The topological polar surface area (TPSA) is 67.2 Å². The summed E-state index contributed by atoms with van der Waals surface area (Å²) in [6.07, 6.45) is -4.18. The summed E-state index contributed by atoms with van der Waals surface area (Å²) in [5, 5.41) is 5.32. The van der Waals surface area contributed by atoms with E-state index in [0.717, 1.165) is 37.8 Å². The van der Waals surface area contributed by atoms with Crippen LogP contribution in [-0.2, 0) is 17.5 Å². The molecule has 4 N–H and O–H groups in total. The molecule has 2 rings (SSSR count). The smallest absolute Gasteiger partial charge is 0.397 e. The van der Waals surface area contributed by atoms with E-state index in [2.05, 4.69) is 17.6 Å². The van der Waals surface area contributed by atoms with Crippen molar-refractivity contribution in [3.63, 3.8) is 0 Å². The lowest BCUT2D eigenvalue weighted by Gasteiger charge is -2.16. The number of halogens is 5. The highest BCUT2D eigenvalue weighted by Crippen LogP contribution is 2.29. The first kappa shape index (κ1) is 26.4. The monoisotopic (exact) mass is 471 g/mol. The second kappa shape index (κ2) is 12.4. The van der Waals surface area contributed by atoms with E-state index in [0.29, 0.717) is 17.7 Å². The fourth-order valence-electron chi connectivity index (χ4n) is 3.26. The molecule has 182 valence electrons. The minimum Gasteiger partial charge on any atom is -0.397 e. The van der Waals surface area contributed by atoms with Gasteiger partial charge in [0.25, 0.3) is 5.91 Å². The second-order valence-electron chi connectivity index (χ2n) is 7.96. The van der Waals surface area contributed by atoms with Crippen LogP contribution in [0.4, 0.5) is 39.0 Å². The van der Waals surface area contributed by atoms with Gasteiger partial charge in [0.2, 0.25) is 6.17 Å². The maximum atomic E-state index is 14.2. The molecule has 0 aliphatic rings. The summed E-state index contributed by atoms with van der Waals surface area (Å²) in [5.41, 5.74) is 6.66. The molecular formula is C24H30F5N3O. The third kappa shape index (κ3) is 8.55. The summed E-state index contributed by atoms with van der Waals surface area (Å²) in [7, 11) is 0. The molecular weight excluding hydrogens is 441 g/mol. The first-order valence-electron chi connectivity index (χ1n) is 11.0. The Morgan fingerprint density at radius 1 is 1.00 bits per heavy atom. The van der Waals surface area contributed by atoms with Crippen LogP contribution in [0.3, 0.4) is 0 Å². The number of hydrogen-bond acceptors (Lipinski definition) is 3. The van der Waals surface area contributed by atoms with Gasteiger partial charge in [0.05, 0.1) is 16.9 Å². The van der Waals surface area contributed by atoms with E-state index in [1.807, 2.05) is 0 Å². The van der Waals surface area contributed by atoms with E-state index in [9.17, 15) is 26.7 Å². The number of benzene rings is 2. The molecule has 0 fully saturated rings. The number of carbonyl (C=O) groups excluding carboxylic acids is 1. The van der Waals surface area contributed by atoms with Gasteiger partial charge in [0.1, 0.15) is 6.17 Å². The first-order valence-corrected chi connectivity index (χ1v) is 11.0. The van der Waals surface area contributed by atoms with Crippen molar-refractivity contribution in [2.75, 3.05) is 16.4 Å². The normalized spacial score (nSPS) is 13.4. The Morgan fingerprint density at radius 3 is 2.27 bits per heavy atom. The van der Waals surface area contributed by atoms with Crippen LogP contribution in [-0.4, -0.2) is 18.3 Å². The molecule has 0 unspecified atom stereocenters. The van der Waals surface area contributed by atoms with Gasteiger partial charge in [-0.2, -0.15) is 13.2 Å². The van der Waals surface area contributed by atoms with E-state index < -0.39 is 30.0 Å². The number of unbranched alkanes of at least 4 members (excludes halogenated alkanes) is 4. The SMILES string of the molecule is CCCCCCC[C@@H](F)[C@H](F)C(=O)Nc1ccc(NCc2ccc(C(F)(F)F)cc2)cc1N. The van der Waals surface area contributed by atoms with Crippen LogP contribution in [0.1, 0.15) is 56.6 Å². The Labute approximate surface area is 190 Å². The van der Waals surface area contributed by atoms with E-state index >= 15 is 0 Å². The Kier molecular flexibility index (Phi) is 9.94. The predicted octanol–water partition coefficient (Wildman–Crippen LogP) is 6.87. The van der Waals surface area contributed by atoms with Crippen molar-refractivity contribution in [1.82, 2.24) is 0 Å². The minimum absolute atomic E-state index is 0.0133. The standard InChI is InChI=1S/C24H30F5N3O/c1-2-3-4-5-6-7-19(25)22(26)23(33)32-21-13-12-18(14-20(21)30)31-15-16-8-10-17(11-9-16)24(27,28)29/h8-14,19,22,31H,2-7,15,30H2,1H3,(H,32,33)/t19-,22+/m1/s1. The molecule has 2 aromatic rings. The quantitative estimate of drug-likeness (QED) is 0.180. The summed E-state index contributed by atoms with van der Waals surface area (Å²) >= 11 is 0. The third-order valence-electron chi connectivity index (χ3n) is 5.24. The van der Waals surface area contributed by atoms with Crippen LogP contribution in [0.5, 0.6) is 0 Å². The van der Waals surface area contributed by atoms with Crippen molar-refractivity contribution < 1.29 is 26.7 Å². The second-order valence-corrected chi connectivity index (χ2v) is 7.96. The summed E-state index contributed by atoms with van der Waals surface area (Å²) in [6.45, 7) is 2.31. The molecule has 0 heterocycles. The molecule has 0 spiro atoms. The van der Waals surface area contributed by atoms with Crippen molar-refractivity contribution in [2.24, 2.45) is 0 Å². The highest BCUT2D eigenvalue weighted by atomic mass is 19.4. The number of carbonyl (C=O) groups is 1. The zero-order chi connectivity index (χ0) is 24.4. The number of nitrogen functional groups attached to an aromatic ring is 1. The van der Waals surface area contributed by atoms with Gasteiger partial charge in [-0.1, -0.05) is 51.2 Å². The van der Waals surface area contributed by atoms with Crippen molar-refractivity contribution in [3.05, 3.63) is 53.6 Å². The highest BCUT2D eigenvalue weighted by molar-refractivity contribution is 5.97. The number of anilines is 3. The Hall–Kier alpha value is -2.84. The maximum absolute atomic E-state index is 14.2. The molecule has 1 amide bonds. The van der Waals surface area contributed by atoms with Crippen LogP contribution in [0.2, 0.25) is 0 Å². The average molecular weight is 472 g/mol. The van der Waals surface area contributed by atoms with Crippen LogP contribution >= 0.6 is 0 Å². The van der Waals surface area contributed by atoms with Crippen molar-refractivity contribution >= 4 is 23.0 Å². The molecule has 0 aromatic heterocycles. The zero-order valence-corrected chi connectivity index (χ0v) is 18.5. The molecule has 0 aliphatic carbocycles. The molecule has 4 nitrogen and oxygen atoms in total. The number of alkyl halides is 5. The minimum atomic E-state index is -4.39. The lowest BCUT2D eigenvalue weighted by molar-refractivity contribution is -0.137. The zero-order valence-electron chi connectivity index (χ0n) is 18.5. The van der Waals surface area contributed by atoms with Crippen LogP contribution < -0.4 is 16.4 Å². The van der Waals surface area contributed by atoms with E-state index in [1.54, 1.807) is 6.07 Å². The van der Waals surface area contributed by atoms with Crippen molar-refractivity contribution in [2.45, 2.75) is 70.5 Å². The van der Waals surface area contributed by atoms with Crippen molar-refractivity contribution in [3.8, 4) is 0 Å². The number of nitrogens with two attached hydrogens (primary N) is 1. The fourth-order valence-corrected chi connectivity index (χ4v) is 3.26. The van der Waals surface area contributed by atoms with Gasteiger partial charge in [0, 0.05) is 12.2 Å². The maximum Gasteiger partial charge on any atom is 0.416 e. The molecule has 0 aliphatic heterocycles. The largest absolute Gasteiger partial charge is 0.416 e. The fraction of sp³-hybridized carbons (Fsp3) is 0.458. The lowest BCUT2D eigenvalue weighted by atomic mass is 10.1. The first-order chi connectivity index (χ1) is 15.6. The Bertz CT molecular complexity index is 887. The van der Waals surface area contributed by atoms with E-state index in [1.165, 1.54) is 24.3 Å². The van der Waals surface area contributed by atoms with Gasteiger partial charge in [-0.15, -0.1) is 0 Å². The molecule has 33 heavy (non-hydrogen) atoms. The van der Waals surface area contributed by atoms with Crippen LogP contribution in [0, 0.1) is 0 Å². The number of rotatable bonds is 12.